The molecule has 30 heavy (non-hydrogen) atoms. The second kappa shape index (κ2) is 9.80. The minimum atomic E-state index is -0.443. The Labute approximate surface area is 175 Å². The predicted molar refractivity (Wildman–Crippen MR) is 113 cm³/mol. The van der Waals surface area contributed by atoms with Crippen molar-refractivity contribution < 1.29 is 14.5 Å². The summed E-state index contributed by atoms with van der Waals surface area (Å²) in [6.45, 7) is 0. The Hall–Kier alpha value is -2.80. The van der Waals surface area contributed by atoms with E-state index in [9.17, 15) is 4.79 Å². The average Bonchev–Trinajstić information content (AvgIpc) is 3.29. The summed E-state index contributed by atoms with van der Waals surface area (Å²) in [6.07, 6.45) is 11.5. The van der Waals surface area contributed by atoms with Crippen LogP contribution in [0.4, 0.5) is 0 Å². The number of nitrogens with one attached hydrogen (secondary N) is 1. The van der Waals surface area contributed by atoms with Crippen molar-refractivity contribution in [3.63, 3.8) is 0 Å². The van der Waals surface area contributed by atoms with E-state index in [4.69, 9.17) is 9.73 Å². The van der Waals surface area contributed by atoms with Crippen LogP contribution in [0, 0.1) is 5.92 Å². The number of benzene rings is 1. The zero-order valence-electron chi connectivity index (χ0n) is 17.1. The van der Waals surface area contributed by atoms with Gasteiger partial charge in [-0.3, -0.25) is 15.0 Å². The molecule has 1 aromatic carbocycles. The molecule has 0 aliphatic heterocycles. The summed E-state index contributed by atoms with van der Waals surface area (Å²) in [5.41, 5.74) is 2.36. The van der Waals surface area contributed by atoms with Gasteiger partial charge in [0.2, 0.25) is 17.6 Å². The van der Waals surface area contributed by atoms with Crippen LogP contribution in [0.5, 0.6) is 0 Å². The molecule has 1 saturated carbocycles. The maximum absolute atomic E-state index is 11.8. The summed E-state index contributed by atoms with van der Waals surface area (Å²) in [5, 5.41) is 15.2. The van der Waals surface area contributed by atoms with E-state index in [2.05, 4.69) is 15.1 Å². The number of hydroxylamine groups is 1. The van der Waals surface area contributed by atoms with Gasteiger partial charge in [0.15, 0.2) is 0 Å². The summed E-state index contributed by atoms with van der Waals surface area (Å²) in [5.74, 6) is 0.958. The van der Waals surface area contributed by atoms with E-state index in [0.717, 1.165) is 36.0 Å². The minimum absolute atomic E-state index is 0.119. The fourth-order valence-electron chi connectivity index (χ4n) is 4.42. The number of hydrogen-bond acceptors (Lipinski definition) is 6. The van der Waals surface area contributed by atoms with Crippen molar-refractivity contribution in [2.45, 2.75) is 63.7 Å². The van der Waals surface area contributed by atoms with Crippen molar-refractivity contribution in [2.24, 2.45) is 5.92 Å². The number of amides is 1. The lowest BCUT2D eigenvalue weighted by molar-refractivity contribution is -0.129. The molecule has 2 N–H and O–H groups in total. The molecule has 158 valence electrons. The molecular weight excluding hydrogens is 380 g/mol. The van der Waals surface area contributed by atoms with E-state index in [0.29, 0.717) is 17.4 Å². The highest BCUT2D eigenvalue weighted by atomic mass is 16.5. The first-order valence-corrected chi connectivity index (χ1v) is 10.8. The molecule has 7 heteroatoms. The van der Waals surface area contributed by atoms with E-state index >= 15 is 0 Å². The van der Waals surface area contributed by atoms with Crippen molar-refractivity contribution in [3.8, 4) is 11.5 Å². The summed E-state index contributed by atoms with van der Waals surface area (Å²) >= 11 is 0. The highest BCUT2D eigenvalue weighted by molar-refractivity contribution is 5.84. The fraction of sp³-hybridized carbons (Fsp3) is 0.478. The lowest BCUT2D eigenvalue weighted by Gasteiger charge is -2.22. The minimum Gasteiger partial charge on any atom is -0.339 e. The van der Waals surface area contributed by atoms with Crippen molar-refractivity contribution >= 4 is 16.7 Å². The van der Waals surface area contributed by atoms with Gasteiger partial charge in [0.25, 0.3) is 0 Å². The molecule has 3 aromatic rings. The van der Waals surface area contributed by atoms with Gasteiger partial charge in [-0.05, 0) is 23.8 Å². The quantitative estimate of drug-likeness (QED) is 0.401. The van der Waals surface area contributed by atoms with E-state index in [1.165, 1.54) is 32.1 Å². The fourth-order valence-corrected chi connectivity index (χ4v) is 4.42. The van der Waals surface area contributed by atoms with Crippen LogP contribution in [0.2, 0.25) is 0 Å². The molecule has 0 bridgehead atoms. The smallest absolute Gasteiger partial charge is 0.244 e. The standard InChI is InChI=1S/C23H28N4O3/c28-21(26-29)14-18(12-6-9-16-7-2-1-3-8-16)23-25-22(27-30-23)20-13-17-10-4-5-11-19(17)15-24-20/h4-5,10-11,13,15-16,18,29H,1-3,6-9,12,14H2,(H,26,28). The van der Waals surface area contributed by atoms with Gasteiger partial charge >= 0.3 is 0 Å². The second-order valence-electron chi connectivity index (χ2n) is 8.24. The van der Waals surface area contributed by atoms with Gasteiger partial charge in [-0.1, -0.05) is 74.4 Å². The first-order valence-electron chi connectivity index (χ1n) is 10.8. The number of nitrogens with zero attached hydrogens (tertiary/aromatic N) is 3. The topological polar surface area (TPSA) is 101 Å². The molecule has 0 radical (unpaired) electrons. The Morgan fingerprint density at radius 3 is 2.80 bits per heavy atom. The highest BCUT2D eigenvalue weighted by Crippen LogP contribution is 2.31. The first-order chi connectivity index (χ1) is 14.7. The molecule has 0 saturated heterocycles. The van der Waals surface area contributed by atoms with Gasteiger partial charge in [-0.25, -0.2) is 5.48 Å². The van der Waals surface area contributed by atoms with Crippen LogP contribution in [0.1, 0.15) is 69.6 Å². The zero-order chi connectivity index (χ0) is 20.8. The van der Waals surface area contributed by atoms with E-state index in [1.54, 1.807) is 11.7 Å². The Morgan fingerprint density at radius 2 is 2.00 bits per heavy atom. The van der Waals surface area contributed by atoms with Gasteiger partial charge in [0.1, 0.15) is 5.69 Å². The van der Waals surface area contributed by atoms with Crippen LogP contribution < -0.4 is 5.48 Å². The molecule has 1 aliphatic rings. The largest absolute Gasteiger partial charge is 0.339 e. The normalized spacial score (nSPS) is 15.9. The third-order valence-electron chi connectivity index (χ3n) is 6.10. The Morgan fingerprint density at radius 1 is 1.20 bits per heavy atom. The maximum Gasteiger partial charge on any atom is 0.244 e. The number of rotatable bonds is 8. The van der Waals surface area contributed by atoms with Crippen molar-refractivity contribution in [1.29, 1.82) is 0 Å². The monoisotopic (exact) mass is 408 g/mol. The van der Waals surface area contributed by atoms with Crippen LogP contribution >= 0.6 is 0 Å². The number of aromatic nitrogens is 3. The second-order valence-corrected chi connectivity index (χ2v) is 8.24. The average molecular weight is 409 g/mol. The molecule has 1 atom stereocenters. The highest BCUT2D eigenvalue weighted by Gasteiger charge is 2.24. The summed E-state index contributed by atoms with van der Waals surface area (Å²) in [7, 11) is 0. The third kappa shape index (κ3) is 5.02. The van der Waals surface area contributed by atoms with E-state index in [1.807, 2.05) is 30.3 Å². The van der Waals surface area contributed by atoms with Crippen molar-refractivity contribution in [2.75, 3.05) is 0 Å². The zero-order valence-corrected chi connectivity index (χ0v) is 17.1. The summed E-state index contributed by atoms with van der Waals surface area (Å²) in [4.78, 5) is 20.8. The lowest BCUT2D eigenvalue weighted by Crippen LogP contribution is -2.21. The third-order valence-corrected chi connectivity index (χ3v) is 6.10. The maximum atomic E-state index is 11.8. The molecule has 2 heterocycles. The summed E-state index contributed by atoms with van der Waals surface area (Å²) in [6, 6.07) is 9.90. The van der Waals surface area contributed by atoms with Gasteiger partial charge in [0, 0.05) is 23.9 Å². The van der Waals surface area contributed by atoms with Gasteiger partial charge < -0.3 is 4.52 Å². The number of fused-ring (bicyclic) bond motifs is 1. The Bertz CT molecular complexity index is 981. The molecule has 0 spiro atoms. The molecule has 1 unspecified atom stereocenters. The molecule has 4 rings (SSSR count). The van der Waals surface area contributed by atoms with Gasteiger partial charge in [-0.2, -0.15) is 4.98 Å². The van der Waals surface area contributed by atoms with Crippen molar-refractivity contribution in [3.05, 3.63) is 42.4 Å². The van der Waals surface area contributed by atoms with Crippen LogP contribution in [0.3, 0.4) is 0 Å². The molecule has 1 fully saturated rings. The first kappa shape index (κ1) is 20.5. The number of carbonyl (C=O) groups is 1. The van der Waals surface area contributed by atoms with Crippen LogP contribution in [-0.4, -0.2) is 26.2 Å². The van der Waals surface area contributed by atoms with E-state index < -0.39 is 5.91 Å². The molecule has 1 aliphatic carbocycles. The van der Waals surface area contributed by atoms with Crippen LogP contribution in [0.15, 0.2) is 41.1 Å². The van der Waals surface area contributed by atoms with Gasteiger partial charge in [0.05, 0.1) is 0 Å². The SMILES string of the molecule is O=C(CC(CCCC1CCCCC1)c1nc(-c2cc3ccccc3cn2)no1)NO. The summed E-state index contributed by atoms with van der Waals surface area (Å²) < 4.78 is 5.52. The van der Waals surface area contributed by atoms with Crippen molar-refractivity contribution in [1.82, 2.24) is 20.6 Å². The predicted octanol–water partition coefficient (Wildman–Crippen LogP) is 5.01. The van der Waals surface area contributed by atoms with E-state index in [-0.39, 0.29) is 12.3 Å². The number of hydrogen-bond donors (Lipinski definition) is 2. The Balaban J connectivity index is 1.47. The lowest BCUT2D eigenvalue weighted by atomic mass is 9.84. The number of pyridine rings is 1. The molecular formula is C23H28N4O3. The number of carbonyl (C=O) groups excluding carboxylic acids is 1. The van der Waals surface area contributed by atoms with Crippen LogP contribution in [-0.2, 0) is 4.79 Å². The van der Waals surface area contributed by atoms with Crippen LogP contribution in [0.25, 0.3) is 22.3 Å². The molecule has 7 nitrogen and oxygen atoms in total. The molecule has 1 amide bonds. The Kier molecular flexibility index (Phi) is 6.69. The molecule has 2 aromatic heterocycles. The van der Waals surface area contributed by atoms with Gasteiger partial charge in [-0.15, -0.1) is 0 Å².